The number of ether oxygens (including phenoxy) is 1. The Morgan fingerprint density at radius 3 is 2.31 bits per heavy atom. The Balaban J connectivity index is 1.85. The van der Waals surface area contributed by atoms with E-state index in [9.17, 15) is 9.59 Å². The predicted molar refractivity (Wildman–Crippen MR) is 105 cm³/mol. The lowest BCUT2D eigenvalue weighted by atomic mass is 10.1. The molecule has 2 N–H and O–H groups in total. The van der Waals surface area contributed by atoms with E-state index in [0.29, 0.717) is 11.3 Å². The molecule has 138 valence electrons. The molecule has 0 radical (unpaired) electrons. The number of amides is 2. The molecule has 0 bridgehead atoms. The minimum absolute atomic E-state index is 0.0741. The Kier molecular flexibility index (Phi) is 7.21. The summed E-state index contributed by atoms with van der Waals surface area (Å²) in [7, 11) is 0. The van der Waals surface area contributed by atoms with E-state index in [1.807, 2.05) is 45.0 Å². The van der Waals surface area contributed by atoms with Crippen molar-refractivity contribution in [2.75, 3.05) is 6.54 Å². The topological polar surface area (TPSA) is 67.4 Å². The first kappa shape index (κ1) is 20.0. The van der Waals surface area contributed by atoms with Gasteiger partial charge in [-0.3, -0.25) is 9.59 Å². The van der Waals surface area contributed by atoms with E-state index in [-0.39, 0.29) is 30.5 Å². The molecule has 0 saturated heterocycles. The van der Waals surface area contributed by atoms with Crippen LogP contribution in [-0.4, -0.2) is 24.5 Å². The Morgan fingerprint density at radius 1 is 1.04 bits per heavy atom. The summed E-state index contributed by atoms with van der Waals surface area (Å²) in [6.45, 7) is 5.69. The molecular formula is C20H23BrN2O3. The van der Waals surface area contributed by atoms with Gasteiger partial charge in [0.25, 0.3) is 5.91 Å². The highest BCUT2D eigenvalue weighted by Gasteiger charge is 2.13. The highest BCUT2D eigenvalue weighted by atomic mass is 79.9. The lowest BCUT2D eigenvalue weighted by Crippen LogP contribution is -2.38. The summed E-state index contributed by atoms with van der Waals surface area (Å²) in [4.78, 5) is 24.2. The zero-order chi connectivity index (χ0) is 19.1. The molecule has 2 amide bonds. The third kappa shape index (κ3) is 5.88. The maximum atomic E-state index is 12.2. The van der Waals surface area contributed by atoms with Gasteiger partial charge < -0.3 is 15.4 Å². The fourth-order valence-electron chi connectivity index (χ4n) is 2.42. The zero-order valence-electron chi connectivity index (χ0n) is 15.1. The van der Waals surface area contributed by atoms with Gasteiger partial charge in [-0.1, -0.05) is 34.1 Å². The molecule has 0 aliphatic rings. The molecule has 1 atom stereocenters. The SMILES string of the molecule is CC(C)Oc1ccc(C(=O)NCC(=O)NC(C)c2ccccc2Br)cc1. The number of benzene rings is 2. The van der Waals surface area contributed by atoms with Crippen molar-refractivity contribution in [1.29, 1.82) is 0 Å². The number of rotatable bonds is 7. The molecule has 2 rings (SSSR count). The average Bonchev–Trinajstić information content (AvgIpc) is 2.60. The monoisotopic (exact) mass is 418 g/mol. The average molecular weight is 419 g/mol. The van der Waals surface area contributed by atoms with E-state index < -0.39 is 0 Å². The standard InChI is InChI=1S/C20H23BrN2O3/c1-13(2)26-16-10-8-15(9-11-16)20(25)22-12-19(24)23-14(3)17-6-4-5-7-18(17)21/h4-11,13-14H,12H2,1-3H3,(H,22,25)(H,23,24). The third-order valence-electron chi connectivity index (χ3n) is 3.65. The molecule has 0 aliphatic heterocycles. The molecule has 0 aliphatic carbocycles. The van der Waals surface area contributed by atoms with Crippen LogP contribution < -0.4 is 15.4 Å². The molecule has 2 aromatic rings. The van der Waals surface area contributed by atoms with E-state index in [0.717, 1.165) is 10.0 Å². The summed E-state index contributed by atoms with van der Waals surface area (Å²) in [5.41, 5.74) is 1.46. The van der Waals surface area contributed by atoms with E-state index in [1.54, 1.807) is 24.3 Å². The second kappa shape index (κ2) is 9.38. The van der Waals surface area contributed by atoms with Crippen LogP contribution in [0.2, 0.25) is 0 Å². The van der Waals surface area contributed by atoms with Crippen LogP contribution in [0.25, 0.3) is 0 Å². The molecular weight excluding hydrogens is 396 g/mol. The minimum atomic E-state index is -0.301. The van der Waals surface area contributed by atoms with Crippen molar-refractivity contribution >= 4 is 27.7 Å². The van der Waals surface area contributed by atoms with Crippen LogP contribution in [0, 0.1) is 0 Å². The molecule has 0 aromatic heterocycles. The molecule has 2 aromatic carbocycles. The van der Waals surface area contributed by atoms with Gasteiger partial charge in [0.05, 0.1) is 18.7 Å². The summed E-state index contributed by atoms with van der Waals surface area (Å²) in [6.07, 6.45) is 0.0741. The third-order valence-corrected chi connectivity index (χ3v) is 4.37. The van der Waals surface area contributed by atoms with Crippen molar-refractivity contribution in [3.8, 4) is 5.75 Å². The van der Waals surface area contributed by atoms with Gasteiger partial charge in [0, 0.05) is 10.0 Å². The van der Waals surface area contributed by atoms with Gasteiger partial charge in [-0.25, -0.2) is 0 Å². The highest BCUT2D eigenvalue weighted by molar-refractivity contribution is 9.10. The van der Waals surface area contributed by atoms with Crippen LogP contribution in [0.15, 0.2) is 53.0 Å². The van der Waals surface area contributed by atoms with Gasteiger partial charge in [0.15, 0.2) is 0 Å². The molecule has 0 heterocycles. The first-order valence-electron chi connectivity index (χ1n) is 8.45. The minimum Gasteiger partial charge on any atom is -0.491 e. The molecule has 0 saturated carbocycles. The normalized spacial score (nSPS) is 11.7. The predicted octanol–water partition coefficient (Wildman–Crippen LogP) is 3.84. The molecule has 1 unspecified atom stereocenters. The molecule has 26 heavy (non-hydrogen) atoms. The molecule has 0 spiro atoms. The number of nitrogens with one attached hydrogen (secondary N) is 2. The van der Waals surface area contributed by atoms with Gasteiger partial charge in [-0.15, -0.1) is 0 Å². The van der Waals surface area contributed by atoms with Crippen molar-refractivity contribution in [3.63, 3.8) is 0 Å². The van der Waals surface area contributed by atoms with Crippen LogP contribution in [0.1, 0.15) is 42.7 Å². The number of halogens is 1. The number of hydrogen-bond donors (Lipinski definition) is 2. The van der Waals surface area contributed by atoms with Crippen molar-refractivity contribution in [3.05, 3.63) is 64.1 Å². The van der Waals surface area contributed by atoms with Crippen molar-refractivity contribution in [2.24, 2.45) is 0 Å². The first-order chi connectivity index (χ1) is 12.4. The van der Waals surface area contributed by atoms with Crippen LogP contribution in [-0.2, 0) is 4.79 Å². The summed E-state index contributed by atoms with van der Waals surface area (Å²) < 4.78 is 6.47. The van der Waals surface area contributed by atoms with Gasteiger partial charge in [-0.05, 0) is 56.7 Å². The van der Waals surface area contributed by atoms with Crippen LogP contribution in [0.3, 0.4) is 0 Å². The second-order valence-corrected chi connectivity index (χ2v) is 7.04. The fraction of sp³-hybridized carbons (Fsp3) is 0.300. The van der Waals surface area contributed by atoms with Crippen molar-refractivity contribution < 1.29 is 14.3 Å². The van der Waals surface area contributed by atoms with Gasteiger partial charge in [-0.2, -0.15) is 0 Å². The van der Waals surface area contributed by atoms with E-state index in [4.69, 9.17) is 4.74 Å². The summed E-state index contributed by atoms with van der Waals surface area (Å²) in [5.74, 6) is 0.155. The van der Waals surface area contributed by atoms with Crippen LogP contribution >= 0.6 is 15.9 Å². The molecule has 5 nitrogen and oxygen atoms in total. The lowest BCUT2D eigenvalue weighted by Gasteiger charge is -2.16. The van der Waals surface area contributed by atoms with Crippen LogP contribution in [0.5, 0.6) is 5.75 Å². The van der Waals surface area contributed by atoms with Gasteiger partial charge >= 0.3 is 0 Å². The molecule has 6 heteroatoms. The number of carbonyl (C=O) groups is 2. The maximum Gasteiger partial charge on any atom is 0.251 e. The maximum absolute atomic E-state index is 12.2. The quantitative estimate of drug-likeness (QED) is 0.717. The van der Waals surface area contributed by atoms with Gasteiger partial charge in [0.2, 0.25) is 5.91 Å². The van der Waals surface area contributed by atoms with Gasteiger partial charge in [0.1, 0.15) is 5.75 Å². The van der Waals surface area contributed by atoms with Crippen molar-refractivity contribution in [1.82, 2.24) is 10.6 Å². The van der Waals surface area contributed by atoms with E-state index >= 15 is 0 Å². The van der Waals surface area contributed by atoms with Crippen molar-refractivity contribution in [2.45, 2.75) is 32.9 Å². The fourth-order valence-corrected chi connectivity index (χ4v) is 3.04. The van der Waals surface area contributed by atoms with Crippen LogP contribution in [0.4, 0.5) is 0 Å². The van der Waals surface area contributed by atoms with E-state index in [1.165, 1.54) is 0 Å². The Labute approximate surface area is 162 Å². The summed E-state index contributed by atoms with van der Waals surface area (Å²) in [6, 6.07) is 14.4. The number of carbonyl (C=O) groups excluding carboxylic acids is 2. The smallest absolute Gasteiger partial charge is 0.251 e. The lowest BCUT2D eigenvalue weighted by molar-refractivity contribution is -0.120. The largest absolute Gasteiger partial charge is 0.491 e. The molecule has 0 fully saturated rings. The Bertz CT molecular complexity index is 760. The zero-order valence-corrected chi connectivity index (χ0v) is 16.7. The number of hydrogen-bond acceptors (Lipinski definition) is 3. The summed E-state index contributed by atoms with van der Waals surface area (Å²) in [5, 5.41) is 5.50. The summed E-state index contributed by atoms with van der Waals surface area (Å²) >= 11 is 3.47. The second-order valence-electron chi connectivity index (χ2n) is 6.18. The Hall–Kier alpha value is -2.34. The Morgan fingerprint density at radius 2 is 1.69 bits per heavy atom. The highest BCUT2D eigenvalue weighted by Crippen LogP contribution is 2.22. The van der Waals surface area contributed by atoms with E-state index in [2.05, 4.69) is 26.6 Å². The first-order valence-corrected chi connectivity index (χ1v) is 9.25.